The van der Waals surface area contributed by atoms with Crippen LogP contribution in [0.4, 0.5) is 0 Å². The van der Waals surface area contributed by atoms with Crippen molar-refractivity contribution >= 4 is 11.6 Å². The van der Waals surface area contributed by atoms with E-state index in [1.807, 2.05) is 6.07 Å². The number of rotatable bonds is 8. The number of hydrogen-bond donors (Lipinski definition) is 2. The Bertz CT molecular complexity index is 536. The van der Waals surface area contributed by atoms with Crippen LogP contribution < -0.4 is 5.32 Å². The first-order valence-electron chi connectivity index (χ1n) is 7.76. The molecule has 1 atom stereocenters. The molecule has 21 heavy (non-hydrogen) atoms. The molecule has 3 nitrogen and oxygen atoms in total. The van der Waals surface area contributed by atoms with Crippen LogP contribution in [0.5, 0.6) is 0 Å². The van der Waals surface area contributed by atoms with Crippen molar-refractivity contribution in [3.05, 3.63) is 52.6 Å². The number of nitrogens with zero attached hydrogens (tertiary/aromatic N) is 1. The van der Waals surface area contributed by atoms with E-state index in [1.165, 1.54) is 5.56 Å². The van der Waals surface area contributed by atoms with Gasteiger partial charge in [-0.25, -0.2) is 4.98 Å². The smallest absolute Gasteiger partial charge is 0.151 e. The Labute approximate surface area is 132 Å². The quantitative estimate of drug-likeness (QED) is 0.745. The van der Waals surface area contributed by atoms with Crippen molar-refractivity contribution in [3.8, 4) is 0 Å². The molecular formula is C17H24ClN3. The molecule has 0 radical (unpaired) electrons. The summed E-state index contributed by atoms with van der Waals surface area (Å²) in [6.45, 7) is 5.08. The van der Waals surface area contributed by atoms with Crippen LogP contribution in [0.3, 0.4) is 0 Å². The zero-order chi connectivity index (χ0) is 15.1. The highest BCUT2D eigenvalue weighted by Crippen LogP contribution is 2.19. The number of aryl methyl sites for hydroxylation is 1. The minimum absolute atomic E-state index is 0.338. The van der Waals surface area contributed by atoms with E-state index in [4.69, 9.17) is 11.6 Å². The SMILES string of the molecule is CCCCc1nc(Cl)c(CNC(CC)c2ccccc2)[nH]1. The molecule has 1 aromatic carbocycles. The molecule has 0 bridgehead atoms. The molecule has 1 unspecified atom stereocenters. The Hall–Kier alpha value is -1.32. The summed E-state index contributed by atoms with van der Waals surface area (Å²) in [6, 6.07) is 10.8. The summed E-state index contributed by atoms with van der Waals surface area (Å²) in [4.78, 5) is 7.74. The number of nitrogens with one attached hydrogen (secondary N) is 2. The number of halogens is 1. The molecule has 0 aliphatic rings. The van der Waals surface area contributed by atoms with Gasteiger partial charge in [0.2, 0.25) is 0 Å². The number of benzene rings is 1. The molecule has 1 heterocycles. The van der Waals surface area contributed by atoms with E-state index in [9.17, 15) is 0 Å². The summed E-state index contributed by atoms with van der Waals surface area (Å²) >= 11 is 6.21. The van der Waals surface area contributed by atoms with Gasteiger partial charge in [0, 0.05) is 19.0 Å². The summed E-state index contributed by atoms with van der Waals surface area (Å²) in [7, 11) is 0. The molecule has 2 aromatic rings. The van der Waals surface area contributed by atoms with E-state index < -0.39 is 0 Å². The van der Waals surface area contributed by atoms with Crippen molar-refractivity contribution in [1.82, 2.24) is 15.3 Å². The van der Waals surface area contributed by atoms with Crippen LogP contribution >= 0.6 is 11.6 Å². The van der Waals surface area contributed by atoms with Gasteiger partial charge in [0.1, 0.15) is 5.82 Å². The molecule has 4 heteroatoms. The molecular weight excluding hydrogens is 282 g/mol. The van der Waals surface area contributed by atoms with Crippen molar-refractivity contribution in [1.29, 1.82) is 0 Å². The highest BCUT2D eigenvalue weighted by atomic mass is 35.5. The molecule has 0 aliphatic carbocycles. The number of imidazole rings is 1. The summed E-state index contributed by atoms with van der Waals surface area (Å²) in [5.41, 5.74) is 2.29. The van der Waals surface area contributed by atoms with E-state index in [2.05, 4.69) is 53.4 Å². The van der Waals surface area contributed by atoms with Crippen LogP contribution in [0.15, 0.2) is 30.3 Å². The summed E-state index contributed by atoms with van der Waals surface area (Å²) in [5.74, 6) is 0.992. The number of aromatic amines is 1. The fourth-order valence-electron chi connectivity index (χ4n) is 2.43. The molecule has 2 N–H and O–H groups in total. The second kappa shape index (κ2) is 8.20. The number of unbranched alkanes of at least 4 members (excludes halogenated alkanes) is 1. The maximum atomic E-state index is 6.21. The summed E-state index contributed by atoms with van der Waals surface area (Å²) < 4.78 is 0. The number of aromatic nitrogens is 2. The number of H-pyrrole nitrogens is 1. The van der Waals surface area contributed by atoms with Crippen molar-refractivity contribution in [2.24, 2.45) is 0 Å². The van der Waals surface area contributed by atoms with Crippen LogP contribution in [-0.4, -0.2) is 9.97 Å². The predicted octanol–water partition coefficient (Wildman–Crippen LogP) is 4.65. The molecule has 0 saturated heterocycles. The lowest BCUT2D eigenvalue weighted by atomic mass is 10.0. The Balaban J connectivity index is 1.96. The van der Waals surface area contributed by atoms with E-state index in [1.54, 1.807) is 0 Å². The highest BCUT2D eigenvalue weighted by Gasteiger charge is 2.12. The molecule has 0 aliphatic heterocycles. The molecule has 0 saturated carbocycles. The average Bonchev–Trinajstić information content (AvgIpc) is 2.87. The summed E-state index contributed by atoms with van der Waals surface area (Å²) in [6.07, 6.45) is 4.31. The average molecular weight is 306 g/mol. The van der Waals surface area contributed by atoms with E-state index in [-0.39, 0.29) is 0 Å². The van der Waals surface area contributed by atoms with Crippen molar-refractivity contribution < 1.29 is 0 Å². The standard InChI is InChI=1S/C17H24ClN3/c1-3-5-11-16-20-15(17(18)21-16)12-19-14(4-2)13-9-7-6-8-10-13/h6-10,14,19H,3-5,11-12H2,1-2H3,(H,20,21). The Morgan fingerprint density at radius 1 is 1.24 bits per heavy atom. The van der Waals surface area contributed by atoms with Crippen LogP contribution in [-0.2, 0) is 13.0 Å². The minimum atomic E-state index is 0.338. The Morgan fingerprint density at radius 3 is 2.67 bits per heavy atom. The highest BCUT2D eigenvalue weighted by molar-refractivity contribution is 6.30. The van der Waals surface area contributed by atoms with E-state index >= 15 is 0 Å². The first kappa shape index (κ1) is 16.1. The molecule has 1 aromatic heterocycles. The second-order valence-electron chi connectivity index (χ2n) is 5.31. The minimum Gasteiger partial charge on any atom is -0.344 e. The molecule has 2 rings (SSSR count). The lowest BCUT2D eigenvalue weighted by molar-refractivity contribution is 0.514. The van der Waals surface area contributed by atoms with Gasteiger partial charge < -0.3 is 10.3 Å². The van der Waals surface area contributed by atoms with Crippen LogP contribution in [0.2, 0.25) is 5.15 Å². The molecule has 0 amide bonds. The largest absolute Gasteiger partial charge is 0.344 e. The molecule has 0 fully saturated rings. The fourth-order valence-corrected chi connectivity index (χ4v) is 2.64. The van der Waals surface area contributed by atoms with Gasteiger partial charge >= 0.3 is 0 Å². The van der Waals surface area contributed by atoms with Crippen molar-refractivity contribution in [2.45, 2.75) is 52.1 Å². The zero-order valence-electron chi connectivity index (χ0n) is 12.8. The first-order chi connectivity index (χ1) is 10.2. The van der Waals surface area contributed by atoms with Gasteiger partial charge in [0.25, 0.3) is 0 Å². The van der Waals surface area contributed by atoms with Crippen LogP contribution in [0, 0.1) is 0 Å². The lowest BCUT2D eigenvalue weighted by Crippen LogP contribution is -2.20. The van der Waals surface area contributed by atoms with Gasteiger partial charge in [0.15, 0.2) is 5.15 Å². The van der Waals surface area contributed by atoms with E-state index in [0.717, 1.165) is 37.2 Å². The third-order valence-electron chi connectivity index (χ3n) is 3.68. The monoisotopic (exact) mass is 305 g/mol. The predicted molar refractivity (Wildman–Crippen MR) is 88.5 cm³/mol. The Morgan fingerprint density at radius 2 is 2.00 bits per heavy atom. The maximum absolute atomic E-state index is 6.21. The normalized spacial score (nSPS) is 12.5. The summed E-state index contributed by atoms with van der Waals surface area (Å²) in [5, 5.41) is 4.15. The van der Waals surface area contributed by atoms with Crippen molar-refractivity contribution in [3.63, 3.8) is 0 Å². The van der Waals surface area contributed by atoms with Gasteiger partial charge in [-0.1, -0.05) is 62.2 Å². The van der Waals surface area contributed by atoms with Gasteiger partial charge in [-0.2, -0.15) is 0 Å². The van der Waals surface area contributed by atoms with Gasteiger partial charge in [-0.3, -0.25) is 0 Å². The van der Waals surface area contributed by atoms with Crippen molar-refractivity contribution in [2.75, 3.05) is 0 Å². The third kappa shape index (κ3) is 4.58. The van der Waals surface area contributed by atoms with Gasteiger partial charge in [-0.05, 0) is 18.4 Å². The fraction of sp³-hybridized carbons (Fsp3) is 0.471. The van der Waals surface area contributed by atoms with Crippen LogP contribution in [0.1, 0.15) is 56.2 Å². The Kier molecular flexibility index (Phi) is 6.27. The molecule has 0 spiro atoms. The third-order valence-corrected chi connectivity index (χ3v) is 3.99. The lowest BCUT2D eigenvalue weighted by Gasteiger charge is -2.17. The zero-order valence-corrected chi connectivity index (χ0v) is 13.6. The topological polar surface area (TPSA) is 40.7 Å². The van der Waals surface area contributed by atoms with Gasteiger partial charge in [-0.15, -0.1) is 0 Å². The number of hydrogen-bond acceptors (Lipinski definition) is 2. The van der Waals surface area contributed by atoms with E-state index in [0.29, 0.717) is 17.7 Å². The maximum Gasteiger partial charge on any atom is 0.151 e. The second-order valence-corrected chi connectivity index (χ2v) is 5.67. The first-order valence-corrected chi connectivity index (χ1v) is 8.14. The van der Waals surface area contributed by atoms with Crippen LogP contribution in [0.25, 0.3) is 0 Å². The molecule has 114 valence electrons. The van der Waals surface area contributed by atoms with Gasteiger partial charge in [0.05, 0.1) is 5.69 Å².